The van der Waals surface area contributed by atoms with Gasteiger partial charge in [0.05, 0.1) is 16.1 Å². The number of nitrogens with two attached hydrogens (primary N) is 1. The molecule has 1 aliphatic carbocycles. The maximum absolute atomic E-state index is 14.6. The molecule has 0 spiro atoms. The molecule has 0 saturated heterocycles. The molecule has 0 amide bonds. The number of hydrogen-bond acceptors (Lipinski definition) is 5. The van der Waals surface area contributed by atoms with Crippen molar-refractivity contribution in [2.45, 2.75) is 30.9 Å². The van der Waals surface area contributed by atoms with Gasteiger partial charge in [-0.25, -0.2) is 17.2 Å². The van der Waals surface area contributed by atoms with Crippen LogP contribution < -0.4 is 20.5 Å². The van der Waals surface area contributed by atoms with Gasteiger partial charge in [0.25, 0.3) is 0 Å². The largest absolute Gasteiger partial charge is 0.455 e. The van der Waals surface area contributed by atoms with E-state index in [-0.39, 0.29) is 35.0 Å². The van der Waals surface area contributed by atoms with Gasteiger partial charge >= 0.3 is 0 Å². The summed E-state index contributed by atoms with van der Waals surface area (Å²) in [6.45, 7) is 5.39. The lowest BCUT2D eigenvalue weighted by Crippen LogP contribution is -2.29. The number of nitrogens with one attached hydrogen (secondary N) is 2. The van der Waals surface area contributed by atoms with Crippen molar-refractivity contribution in [3.05, 3.63) is 84.5 Å². The highest BCUT2D eigenvalue weighted by molar-refractivity contribution is 7.94. The molecule has 6 nitrogen and oxygen atoms in total. The summed E-state index contributed by atoms with van der Waals surface area (Å²) in [4.78, 5) is 0. The number of aryl methyl sites for hydroxylation is 1. The molecule has 3 aromatic rings. The van der Waals surface area contributed by atoms with E-state index in [9.17, 15) is 17.2 Å². The fourth-order valence-corrected chi connectivity index (χ4v) is 5.34. The van der Waals surface area contributed by atoms with Gasteiger partial charge in [-0.05, 0) is 62.1 Å². The van der Waals surface area contributed by atoms with E-state index < -0.39 is 26.4 Å². The van der Waals surface area contributed by atoms with E-state index >= 15 is 0 Å². The third kappa shape index (κ3) is 4.84. The number of benzene rings is 3. The fraction of sp³-hybridized carbons (Fsp3) is 0.200. The first-order valence-electron chi connectivity index (χ1n) is 10.7. The Labute approximate surface area is 197 Å². The molecule has 0 aliphatic heterocycles. The van der Waals surface area contributed by atoms with E-state index in [1.165, 1.54) is 18.2 Å². The zero-order valence-electron chi connectivity index (χ0n) is 18.6. The van der Waals surface area contributed by atoms with Gasteiger partial charge in [-0.3, -0.25) is 4.72 Å². The van der Waals surface area contributed by atoms with Crippen LogP contribution in [0.4, 0.5) is 31.5 Å². The SMILES string of the molecule is C=CCC1(S(=O)(=O)Nc2c(Nc3ccc(C)cc3F)cc(F)cc2Oc2cccc(N)c2)CC1. The van der Waals surface area contributed by atoms with Gasteiger partial charge < -0.3 is 15.8 Å². The van der Waals surface area contributed by atoms with Gasteiger partial charge in [0.15, 0.2) is 5.75 Å². The molecule has 0 atom stereocenters. The first-order chi connectivity index (χ1) is 16.1. The van der Waals surface area contributed by atoms with Crippen LogP contribution >= 0.6 is 0 Å². The lowest BCUT2D eigenvalue weighted by atomic mass is 10.2. The van der Waals surface area contributed by atoms with Crippen LogP contribution in [-0.4, -0.2) is 13.2 Å². The fourth-order valence-electron chi connectivity index (χ4n) is 3.67. The molecular formula is C25H25F2N3O3S. The minimum atomic E-state index is -3.91. The van der Waals surface area contributed by atoms with Crippen molar-refractivity contribution >= 4 is 32.8 Å². The van der Waals surface area contributed by atoms with Gasteiger partial charge in [-0.2, -0.15) is 0 Å². The average Bonchev–Trinajstić information content (AvgIpc) is 3.54. The number of sulfonamides is 1. The maximum Gasteiger partial charge on any atom is 0.238 e. The summed E-state index contributed by atoms with van der Waals surface area (Å²) >= 11 is 0. The second-order valence-corrected chi connectivity index (χ2v) is 10.5. The summed E-state index contributed by atoms with van der Waals surface area (Å²) in [7, 11) is -3.91. The van der Waals surface area contributed by atoms with E-state index in [0.29, 0.717) is 24.1 Å². The summed E-state index contributed by atoms with van der Waals surface area (Å²) < 4.78 is 63.2. The Hall–Kier alpha value is -3.59. The number of nitrogen functional groups attached to an aromatic ring is 1. The van der Waals surface area contributed by atoms with Crippen molar-refractivity contribution in [1.82, 2.24) is 0 Å². The van der Waals surface area contributed by atoms with Crippen LogP contribution in [0.1, 0.15) is 24.8 Å². The Kier molecular flexibility index (Phi) is 6.22. The lowest BCUT2D eigenvalue weighted by molar-refractivity contribution is 0.479. The van der Waals surface area contributed by atoms with Crippen molar-refractivity contribution in [2.24, 2.45) is 0 Å². The van der Waals surface area contributed by atoms with Gasteiger partial charge in [0.2, 0.25) is 10.0 Å². The monoisotopic (exact) mass is 485 g/mol. The molecule has 1 saturated carbocycles. The van der Waals surface area contributed by atoms with Crippen molar-refractivity contribution in [1.29, 1.82) is 0 Å². The van der Waals surface area contributed by atoms with E-state index in [2.05, 4.69) is 16.6 Å². The molecule has 1 fully saturated rings. The first-order valence-corrected chi connectivity index (χ1v) is 12.1. The Morgan fingerprint density at radius 2 is 1.88 bits per heavy atom. The van der Waals surface area contributed by atoms with Gasteiger partial charge in [-0.15, -0.1) is 6.58 Å². The molecular weight excluding hydrogens is 460 g/mol. The molecule has 1 aliphatic rings. The van der Waals surface area contributed by atoms with Crippen LogP contribution in [0.5, 0.6) is 11.5 Å². The maximum atomic E-state index is 14.6. The number of halogens is 2. The van der Waals surface area contributed by atoms with Crippen LogP contribution in [0.15, 0.2) is 67.3 Å². The molecule has 3 aromatic carbocycles. The minimum Gasteiger partial charge on any atom is -0.455 e. The van der Waals surface area contributed by atoms with E-state index in [0.717, 1.165) is 12.1 Å². The van der Waals surface area contributed by atoms with Crippen LogP contribution in [-0.2, 0) is 10.0 Å². The smallest absolute Gasteiger partial charge is 0.238 e. The van der Waals surface area contributed by atoms with Gasteiger partial charge in [0, 0.05) is 17.8 Å². The van der Waals surface area contributed by atoms with Crippen molar-refractivity contribution < 1.29 is 21.9 Å². The third-order valence-electron chi connectivity index (χ3n) is 5.68. The minimum absolute atomic E-state index is 0.000339. The second-order valence-electron chi connectivity index (χ2n) is 8.39. The molecule has 9 heteroatoms. The Morgan fingerprint density at radius 1 is 1.12 bits per heavy atom. The number of ether oxygens (including phenoxy) is 1. The van der Waals surface area contributed by atoms with Crippen LogP contribution in [0, 0.1) is 18.6 Å². The molecule has 0 unspecified atom stereocenters. The molecule has 0 aromatic heterocycles. The van der Waals surface area contributed by atoms with Crippen LogP contribution in [0.3, 0.4) is 0 Å². The van der Waals surface area contributed by atoms with Crippen molar-refractivity contribution in [3.8, 4) is 11.5 Å². The Balaban J connectivity index is 1.81. The normalized spacial score (nSPS) is 14.3. The summed E-state index contributed by atoms with van der Waals surface area (Å²) in [5.41, 5.74) is 6.94. The summed E-state index contributed by atoms with van der Waals surface area (Å²) in [5, 5.41) is 2.81. The number of allylic oxidation sites excluding steroid dienone is 1. The topological polar surface area (TPSA) is 93.5 Å². The highest BCUT2D eigenvalue weighted by atomic mass is 32.2. The Bertz CT molecular complexity index is 1360. The molecule has 4 rings (SSSR count). The highest BCUT2D eigenvalue weighted by Gasteiger charge is 2.54. The van der Waals surface area contributed by atoms with E-state index in [4.69, 9.17) is 10.5 Å². The summed E-state index contributed by atoms with van der Waals surface area (Å²) in [6.07, 6.45) is 2.76. The van der Waals surface area contributed by atoms with E-state index in [1.54, 1.807) is 37.3 Å². The van der Waals surface area contributed by atoms with Crippen LogP contribution in [0.25, 0.3) is 0 Å². The first kappa shape index (κ1) is 23.6. The predicted octanol–water partition coefficient (Wildman–Crippen LogP) is 6.24. The lowest BCUT2D eigenvalue weighted by Gasteiger charge is -2.22. The third-order valence-corrected chi connectivity index (χ3v) is 7.87. The van der Waals surface area contributed by atoms with Crippen molar-refractivity contribution in [3.63, 3.8) is 0 Å². The van der Waals surface area contributed by atoms with Crippen molar-refractivity contribution in [2.75, 3.05) is 15.8 Å². The zero-order chi connectivity index (χ0) is 24.5. The Morgan fingerprint density at radius 3 is 2.53 bits per heavy atom. The number of rotatable bonds is 9. The standard InChI is InChI=1S/C25H25F2N3O3S/c1-3-9-25(10-11-25)34(31,32)30-24-22(29-21-8-7-16(2)12-20(21)27)13-17(26)14-23(24)33-19-6-4-5-18(28)15-19/h3-8,12-15,29-30H,1,9-11,28H2,2H3. The number of hydrogen-bond donors (Lipinski definition) is 3. The summed E-state index contributed by atoms with van der Waals surface area (Å²) in [6, 6.07) is 13.1. The van der Waals surface area contributed by atoms with Crippen LogP contribution in [0.2, 0.25) is 0 Å². The summed E-state index contributed by atoms with van der Waals surface area (Å²) in [5.74, 6) is -1.09. The van der Waals surface area contributed by atoms with E-state index in [1.807, 2.05) is 0 Å². The molecule has 34 heavy (non-hydrogen) atoms. The molecule has 0 bridgehead atoms. The van der Waals surface area contributed by atoms with Gasteiger partial charge in [0.1, 0.15) is 23.1 Å². The average molecular weight is 486 g/mol. The van der Waals surface area contributed by atoms with Gasteiger partial charge in [-0.1, -0.05) is 18.2 Å². The number of anilines is 4. The second kappa shape index (κ2) is 8.98. The highest BCUT2D eigenvalue weighted by Crippen LogP contribution is 2.49. The molecule has 0 heterocycles. The molecule has 0 radical (unpaired) electrons. The molecule has 178 valence electrons. The zero-order valence-corrected chi connectivity index (χ0v) is 19.4. The predicted molar refractivity (Wildman–Crippen MR) is 131 cm³/mol. The quantitative estimate of drug-likeness (QED) is 0.246. The molecule has 4 N–H and O–H groups in total.